The fourth-order valence-electron chi connectivity index (χ4n) is 7.62. The van der Waals surface area contributed by atoms with E-state index in [1.54, 1.807) is 25.1 Å². The molecule has 39 heavy (non-hydrogen) atoms. The van der Waals surface area contributed by atoms with Crippen LogP contribution in [0.5, 0.6) is 0 Å². The summed E-state index contributed by atoms with van der Waals surface area (Å²) in [7, 11) is 3.76. The quantitative estimate of drug-likeness (QED) is 0.235. The molecule has 10 heteroatoms. The first-order chi connectivity index (χ1) is 18.4. The van der Waals surface area contributed by atoms with Gasteiger partial charge in [-0.15, -0.1) is 9.24 Å². The summed E-state index contributed by atoms with van der Waals surface area (Å²) in [6.07, 6.45) is 6.87. The summed E-state index contributed by atoms with van der Waals surface area (Å²) in [4.78, 5) is 34.2. The van der Waals surface area contributed by atoms with Gasteiger partial charge in [0, 0.05) is 24.4 Å². The van der Waals surface area contributed by atoms with E-state index in [1.807, 2.05) is 27.7 Å². The Labute approximate surface area is 237 Å². The van der Waals surface area contributed by atoms with E-state index in [4.69, 9.17) is 5.11 Å². The predicted molar refractivity (Wildman–Crippen MR) is 154 cm³/mol. The molecule has 0 aromatic carbocycles. The topological polar surface area (TPSA) is 125 Å². The molecular formula is C29H42FO7PS. The van der Waals surface area contributed by atoms with E-state index in [2.05, 4.69) is 13.7 Å². The first-order valence-corrected chi connectivity index (χ1v) is 14.7. The number of aliphatic hydroxyl groups excluding tert-OH is 2. The van der Waals surface area contributed by atoms with Gasteiger partial charge in [0.15, 0.2) is 23.5 Å². The molecule has 0 saturated heterocycles. The molecule has 0 aliphatic heterocycles. The van der Waals surface area contributed by atoms with Crippen molar-refractivity contribution in [1.29, 1.82) is 0 Å². The van der Waals surface area contributed by atoms with Crippen LogP contribution in [0.4, 0.5) is 4.39 Å². The van der Waals surface area contributed by atoms with Gasteiger partial charge in [-0.2, -0.15) is 0 Å². The molecule has 3 saturated carbocycles. The summed E-state index contributed by atoms with van der Waals surface area (Å²) in [5.41, 5.74) is -2.82. The van der Waals surface area contributed by atoms with Gasteiger partial charge in [0.2, 0.25) is 5.12 Å². The lowest BCUT2D eigenvalue weighted by Crippen LogP contribution is -2.68. The average molecular weight is 585 g/mol. The number of carbonyl (C=O) groups is 3. The summed E-state index contributed by atoms with van der Waals surface area (Å²) in [6, 6.07) is 3.27. The molecule has 0 amide bonds. The van der Waals surface area contributed by atoms with Crippen LogP contribution in [0.3, 0.4) is 0 Å². The maximum atomic E-state index is 17.0. The first kappa shape index (κ1) is 33.6. The van der Waals surface area contributed by atoms with Gasteiger partial charge in [-0.05, 0) is 79.0 Å². The van der Waals surface area contributed by atoms with E-state index in [1.165, 1.54) is 18.4 Å². The zero-order chi connectivity index (χ0) is 29.8. The number of ketones is 1. The van der Waals surface area contributed by atoms with Crippen LogP contribution in [0.25, 0.3) is 0 Å². The van der Waals surface area contributed by atoms with Crippen molar-refractivity contribution in [2.24, 2.45) is 34.5 Å². The number of fused-ring (bicyclic) bond motifs is 5. The van der Waals surface area contributed by atoms with E-state index < -0.39 is 34.4 Å². The number of alkyl halides is 1. The maximum absolute atomic E-state index is 17.0. The number of hydrogen-bond donors (Lipinski definition) is 3. The number of allylic oxidation sites excluding steroid dienone is 4. The van der Waals surface area contributed by atoms with Crippen molar-refractivity contribution in [3.63, 3.8) is 0 Å². The van der Waals surface area contributed by atoms with Crippen LogP contribution < -0.4 is 0 Å². The van der Waals surface area contributed by atoms with Gasteiger partial charge in [0.1, 0.15) is 0 Å². The van der Waals surface area contributed by atoms with Crippen LogP contribution in [0, 0.1) is 34.5 Å². The largest absolute Gasteiger partial charge is 0.462 e. The molecule has 1 heterocycles. The van der Waals surface area contributed by atoms with Crippen molar-refractivity contribution in [2.45, 2.75) is 71.3 Å². The molecule has 0 spiro atoms. The van der Waals surface area contributed by atoms with Crippen LogP contribution in [0.15, 0.2) is 46.6 Å². The monoisotopic (exact) mass is 584 g/mol. The Morgan fingerprint density at radius 1 is 1.23 bits per heavy atom. The summed E-state index contributed by atoms with van der Waals surface area (Å²) in [5.74, 6) is -0.634. The smallest absolute Gasteiger partial charge is 0.219 e. The number of carbonyl (C=O) groups excluding carboxylic acids is 3. The molecule has 7 nitrogen and oxygen atoms in total. The Kier molecular flexibility index (Phi) is 11.5. The van der Waals surface area contributed by atoms with E-state index in [-0.39, 0.29) is 46.9 Å². The molecule has 10 atom stereocenters. The van der Waals surface area contributed by atoms with E-state index in [0.29, 0.717) is 24.9 Å². The Morgan fingerprint density at radius 2 is 1.87 bits per heavy atom. The van der Waals surface area contributed by atoms with Crippen molar-refractivity contribution < 1.29 is 38.0 Å². The van der Waals surface area contributed by atoms with Gasteiger partial charge in [0.25, 0.3) is 0 Å². The molecule has 3 fully saturated rings. The lowest BCUT2D eigenvalue weighted by atomic mass is 9.45. The fourth-order valence-corrected chi connectivity index (χ4v) is 8.97. The highest BCUT2D eigenvalue weighted by Gasteiger charge is 2.72. The van der Waals surface area contributed by atoms with Gasteiger partial charge < -0.3 is 19.2 Å². The molecule has 3 N–H and O–H groups in total. The molecule has 1 aromatic heterocycles. The summed E-state index contributed by atoms with van der Waals surface area (Å²) >= 11 is 0.252. The molecule has 7 unspecified atom stereocenters. The molecule has 0 radical (unpaired) electrons. The van der Waals surface area contributed by atoms with Crippen molar-refractivity contribution in [2.75, 3.05) is 7.11 Å². The lowest BCUT2D eigenvalue weighted by Gasteiger charge is -2.63. The van der Waals surface area contributed by atoms with Crippen LogP contribution in [0.1, 0.15) is 64.4 Å². The second-order valence-electron chi connectivity index (χ2n) is 10.8. The molecule has 218 valence electrons. The number of aliphatic hydroxyl groups is 2. The lowest BCUT2D eigenvalue weighted by molar-refractivity contribution is -0.194. The van der Waals surface area contributed by atoms with Crippen molar-refractivity contribution in [3.8, 4) is 0 Å². The summed E-state index contributed by atoms with van der Waals surface area (Å²) < 4.78 is 31.0. The van der Waals surface area contributed by atoms with Crippen LogP contribution in [-0.2, 0) is 9.59 Å². The maximum Gasteiger partial charge on any atom is 0.219 e. The van der Waals surface area contributed by atoms with E-state index >= 15 is 4.39 Å². The highest BCUT2D eigenvalue weighted by Crippen LogP contribution is 2.70. The minimum absolute atomic E-state index is 0.0212. The number of halogens is 1. The Morgan fingerprint density at radius 3 is 2.38 bits per heavy atom. The predicted octanol–water partition coefficient (Wildman–Crippen LogP) is 5.53. The normalized spacial score (nSPS) is 39.6. The summed E-state index contributed by atoms with van der Waals surface area (Å²) in [5, 5.41) is 17.9. The van der Waals surface area contributed by atoms with Gasteiger partial charge in [-0.25, -0.2) is 4.39 Å². The first-order valence-electron chi connectivity index (χ1n) is 13.3. The number of furan rings is 1. The van der Waals surface area contributed by atoms with E-state index in [0.717, 1.165) is 12.7 Å². The van der Waals surface area contributed by atoms with Crippen molar-refractivity contribution in [3.05, 3.63) is 48.0 Å². The van der Waals surface area contributed by atoms with Crippen molar-refractivity contribution >= 4 is 38.5 Å². The van der Waals surface area contributed by atoms with Crippen LogP contribution in [0.2, 0.25) is 0 Å². The van der Waals surface area contributed by atoms with Crippen LogP contribution in [-0.4, -0.2) is 56.5 Å². The molecule has 5 rings (SSSR count). The zero-order valence-electron chi connectivity index (χ0n) is 23.5. The third-order valence-corrected chi connectivity index (χ3v) is 10.1. The Balaban J connectivity index is 0.000000412. The minimum atomic E-state index is -1.89. The Hall–Kier alpha value is -1.64. The zero-order valence-corrected chi connectivity index (χ0v) is 25.4. The third-order valence-electron chi connectivity index (χ3n) is 9.08. The highest BCUT2D eigenvalue weighted by molar-refractivity contribution is 8.08. The fraction of sp³-hybridized carbons (Fsp3) is 0.621. The molecule has 1 aromatic rings. The minimum Gasteiger partial charge on any atom is -0.462 e. The standard InChI is InChI=1S/C21H28FO4PS.C5H4O2.C2H6.CH4O/c1-10-6-12-13-8-15(27)14-7-11(23)4-5-20(14,3)21(13,22)16(24)9-19(12,2)17(10)18(25)28-26;6-4-5-2-1-3-7-5;2*1-2/h4-5,7,10,12-13,15-17,24,26H,6,8-9,27H2,1-3H3;1-4H;1-2H3;2H,1H3/t10-,12?,13?,15+,16?,17?,19?,20?,21+;;;/m1.../s1. The highest BCUT2D eigenvalue weighted by atomic mass is 32.2. The second kappa shape index (κ2) is 13.3. The third kappa shape index (κ3) is 5.62. The molecule has 4 aliphatic rings. The van der Waals surface area contributed by atoms with Gasteiger partial charge in [-0.1, -0.05) is 33.8 Å². The SMILES string of the molecule is CC.CO.C[C@@H]1CC2C3C[C@H](P)C4=CC(=O)C=CC4(C)[C@@]3(F)C(O)CC2(C)C1C(=O)SO.O=Cc1ccco1. The van der Waals surface area contributed by atoms with E-state index in [9.17, 15) is 24.0 Å². The summed E-state index contributed by atoms with van der Waals surface area (Å²) in [6.45, 7) is 9.76. The number of hydrogen-bond acceptors (Lipinski definition) is 8. The molecule has 4 aliphatic carbocycles. The molecule has 0 bridgehead atoms. The van der Waals surface area contributed by atoms with Gasteiger partial charge in [0.05, 0.1) is 24.4 Å². The van der Waals surface area contributed by atoms with Crippen LogP contribution >= 0.6 is 21.3 Å². The Bertz CT molecular complexity index is 1080. The van der Waals surface area contributed by atoms with Gasteiger partial charge in [-0.3, -0.25) is 14.4 Å². The second-order valence-corrected chi connectivity index (χ2v) is 12.2. The van der Waals surface area contributed by atoms with Crippen molar-refractivity contribution in [1.82, 2.24) is 0 Å². The van der Waals surface area contributed by atoms with Gasteiger partial charge >= 0.3 is 0 Å². The number of aldehydes is 1. The number of rotatable bonds is 2. The average Bonchev–Trinajstić information content (AvgIpc) is 3.55. The molecular weight excluding hydrogens is 542 g/mol.